The molecule has 0 N–H and O–H groups in total. The summed E-state index contributed by atoms with van der Waals surface area (Å²) in [6.07, 6.45) is 4.97. The van der Waals surface area contributed by atoms with Gasteiger partial charge in [-0.1, -0.05) is 36.4 Å². The first-order chi connectivity index (χ1) is 16.6. The van der Waals surface area contributed by atoms with Gasteiger partial charge in [-0.05, 0) is 61.1 Å². The molecule has 0 saturated carbocycles. The van der Waals surface area contributed by atoms with Gasteiger partial charge in [-0.25, -0.2) is 0 Å². The molecule has 6 heteroatoms. The van der Waals surface area contributed by atoms with Gasteiger partial charge in [-0.2, -0.15) is 0 Å². The molecule has 1 saturated heterocycles. The fraction of sp³-hybridized carbons (Fsp3) is 0.357. The topological polar surface area (TPSA) is 63.0 Å². The van der Waals surface area contributed by atoms with E-state index >= 15 is 0 Å². The second-order valence-corrected chi connectivity index (χ2v) is 8.80. The van der Waals surface area contributed by atoms with E-state index in [0.29, 0.717) is 42.5 Å². The molecular weight excluding hydrogens is 428 g/mol. The number of methoxy groups -OCH3 is 1. The molecule has 0 bridgehead atoms. The number of benzene rings is 2. The van der Waals surface area contributed by atoms with Crippen LogP contribution in [0.2, 0.25) is 0 Å². The van der Waals surface area contributed by atoms with Crippen molar-refractivity contribution < 1.29 is 18.7 Å². The van der Waals surface area contributed by atoms with E-state index in [1.165, 1.54) is 5.56 Å². The minimum atomic E-state index is -0.148. The second kappa shape index (κ2) is 11.5. The van der Waals surface area contributed by atoms with Crippen LogP contribution in [0.5, 0.6) is 5.75 Å². The van der Waals surface area contributed by atoms with Crippen LogP contribution < -0.4 is 4.74 Å². The first kappa shape index (κ1) is 23.6. The van der Waals surface area contributed by atoms with Gasteiger partial charge in [0.25, 0.3) is 5.91 Å². The summed E-state index contributed by atoms with van der Waals surface area (Å²) in [5, 5.41) is 0. The van der Waals surface area contributed by atoms with Crippen molar-refractivity contribution in [2.75, 3.05) is 26.7 Å². The molecule has 1 aliphatic rings. The largest absolute Gasteiger partial charge is 0.497 e. The summed E-state index contributed by atoms with van der Waals surface area (Å²) in [7, 11) is 1.58. The Kier molecular flexibility index (Phi) is 8.02. The zero-order valence-corrected chi connectivity index (χ0v) is 19.7. The number of carbonyl (C=O) groups is 2. The second-order valence-electron chi connectivity index (χ2n) is 8.80. The minimum Gasteiger partial charge on any atom is -0.497 e. The van der Waals surface area contributed by atoms with Gasteiger partial charge in [-0.15, -0.1) is 0 Å². The Bertz CT molecular complexity index is 1060. The standard InChI is InChI=1S/C28H32N2O4/c1-33-25-10-5-9-24(20-25)28(32)30(21-26-11-6-18-34-26)17-14-27(31)29-15-12-23(13-16-29)19-22-7-3-2-4-8-22/h2-11,18,20,23H,12-17,19,21H2,1H3. The molecule has 34 heavy (non-hydrogen) atoms. The van der Waals surface area contributed by atoms with Gasteiger partial charge in [0.15, 0.2) is 0 Å². The quantitative estimate of drug-likeness (QED) is 0.460. The van der Waals surface area contributed by atoms with Crippen LogP contribution in [0, 0.1) is 5.92 Å². The van der Waals surface area contributed by atoms with E-state index in [4.69, 9.17) is 9.15 Å². The van der Waals surface area contributed by atoms with Gasteiger partial charge < -0.3 is 19.0 Å². The monoisotopic (exact) mass is 460 g/mol. The van der Waals surface area contributed by atoms with Crippen molar-refractivity contribution in [3.8, 4) is 5.75 Å². The lowest BCUT2D eigenvalue weighted by molar-refractivity contribution is -0.132. The first-order valence-corrected chi connectivity index (χ1v) is 11.9. The summed E-state index contributed by atoms with van der Waals surface area (Å²) >= 11 is 0. The molecule has 1 aliphatic heterocycles. The summed E-state index contributed by atoms with van der Waals surface area (Å²) in [5.41, 5.74) is 1.89. The summed E-state index contributed by atoms with van der Waals surface area (Å²) in [6, 6.07) is 21.3. The normalized spacial score (nSPS) is 14.1. The van der Waals surface area contributed by atoms with Gasteiger partial charge >= 0.3 is 0 Å². The average Bonchev–Trinajstić information content (AvgIpc) is 3.40. The molecule has 6 nitrogen and oxygen atoms in total. The number of ether oxygens (including phenoxy) is 1. The van der Waals surface area contributed by atoms with E-state index in [1.54, 1.807) is 48.6 Å². The number of likely N-dealkylation sites (tertiary alicyclic amines) is 1. The minimum absolute atomic E-state index is 0.0982. The molecule has 0 radical (unpaired) electrons. The zero-order chi connectivity index (χ0) is 23.8. The third kappa shape index (κ3) is 6.28. The van der Waals surface area contributed by atoms with Gasteiger partial charge in [0, 0.05) is 31.6 Å². The van der Waals surface area contributed by atoms with Crippen molar-refractivity contribution in [1.29, 1.82) is 0 Å². The molecule has 0 unspecified atom stereocenters. The van der Waals surface area contributed by atoms with Crippen molar-refractivity contribution in [2.24, 2.45) is 5.92 Å². The first-order valence-electron chi connectivity index (χ1n) is 11.9. The zero-order valence-electron chi connectivity index (χ0n) is 19.7. The lowest BCUT2D eigenvalue weighted by Crippen LogP contribution is -2.41. The number of rotatable bonds is 9. The Morgan fingerprint density at radius 3 is 2.53 bits per heavy atom. The van der Waals surface area contributed by atoms with E-state index in [1.807, 2.05) is 17.0 Å². The van der Waals surface area contributed by atoms with Crippen LogP contribution in [0.15, 0.2) is 77.4 Å². The van der Waals surface area contributed by atoms with E-state index < -0.39 is 0 Å². The third-order valence-electron chi connectivity index (χ3n) is 6.46. The average molecular weight is 461 g/mol. The Balaban J connectivity index is 1.33. The lowest BCUT2D eigenvalue weighted by atomic mass is 9.90. The molecule has 1 fully saturated rings. The summed E-state index contributed by atoms with van der Waals surface area (Å²) in [6.45, 7) is 2.20. The van der Waals surface area contributed by atoms with Crippen molar-refractivity contribution in [1.82, 2.24) is 9.80 Å². The molecular formula is C28H32N2O4. The Morgan fingerprint density at radius 1 is 1.03 bits per heavy atom. The number of amides is 2. The Labute approximate surface area is 201 Å². The number of carbonyl (C=O) groups excluding carboxylic acids is 2. The number of piperidine rings is 1. The highest BCUT2D eigenvalue weighted by Crippen LogP contribution is 2.22. The van der Waals surface area contributed by atoms with Gasteiger partial charge in [0.2, 0.25) is 5.91 Å². The highest BCUT2D eigenvalue weighted by molar-refractivity contribution is 5.94. The van der Waals surface area contributed by atoms with Gasteiger partial charge in [-0.3, -0.25) is 9.59 Å². The van der Waals surface area contributed by atoms with Crippen LogP contribution in [-0.2, 0) is 17.8 Å². The molecule has 0 atom stereocenters. The number of hydrogen-bond donors (Lipinski definition) is 0. The molecule has 2 amide bonds. The van der Waals surface area contributed by atoms with Crippen molar-refractivity contribution in [3.05, 3.63) is 89.9 Å². The molecule has 0 spiro atoms. The highest BCUT2D eigenvalue weighted by Gasteiger charge is 2.25. The molecule has 2 aromatic carbocycles. The van der Waals surface area contributed by atoms with Crippen LogP contribution in [0.25, 0.3) is 0 Å². The molecule has 1 aromatic heterocycles. The van der Waals surface area contributed by atoms with E-state index in [0.717, 1.165) is 32.4 Å². The predicted molar refractivity (Wildman–Crippen MR) is 131 cm³/mol. The fourth-order valence-electron chi connectivity index (χ4n) is 4.50. The van der Waals surface area contributed by atoms with Crippen LogP contribution in [-0.4, -0.2) is 48.4 Å². The maximum Gasteiger partial charge on any atom is 0.254 e. The third-order valence-corrected chi connectivity index (χ3v) is 6.46. The van der Waals surface area contributed by atoms with E-state index in [9.17, 15) is 9.59 Å². The van der Waals surface area contributed by atoms with Crippen molar-refractivity contribution in [2.45, 2.75) is 32.2 Å². The predicted octanol–water partition coefficient (Wildman–Crippen LogP) is 4.80. The molecule has 2 heterocycles. The van der Waals surface area contributed by atoms with Crippen molar-refractivity contribution in [3.63, 3.8) is 0 Å². The van der Waals surface area contributed by atoms with Gasteiger partial charge in [0.05, 0.1) is 19.9 Å². The summed E-state index contributed by atoms with van der Waals surface area (Å²) in [4.78, 5) is 29.8. The van der Waals surface area contributed by atoms with Crippen LogP contribution in [0.1, 0.15) is 40.9 Å². The number of nitrogens with zero attached hydrogens (tertiary/aromatic N) is 2. The molecule has 178 valence electrons. The van der Waals surface area contributed by atoms with E-state index in [-0.39, 0.29) is 11.8 Å². The Hall–Kier alpha value is -3.54. The van der Waals surface area contributed by atoms with Crippen LogP contribution >= 0.6 is 0 Å². The SMILES string of the molecule is COc1cccc(C(=O)N(CCC(=O)N2CCC(Cc3ccccc3)CC2)Cc2ccco2)c1. The molecule has 0 aliphatic carbocycles. The molecule has 3 aromatic rings. The fourth-order valence-corrected chi connectivity index (χ4v) is 4.50. The van der Waals surface area contributed by atoms with Gasteiger partial charge in [0.1, 0.15) is 11.5 Å². The smallest absolute Gasteiger partial charge is 0.254 e. The van der Waals surface area contributed by atoms with Crippen LogP contribution in [0.3, 0.4) is 0 Å². The summed E-state index contributed by atoms with van der Waals surface area (Å²) in [5.74, 6) is 1.87. The van der Waals surface area contributed by atoms with Crippen molar-refractivity contribution >= 4 is 11.8 Å². The highest BCUT2D eigenvalue weighted by atomic mass is 16.5. The van der Waals surface area contributed by atoms with Crippen LogP contribution in [0.4, 0.5) is 0 Å². The molecule has 4 rings (SSSR count). The number of hydrogen-bond acceptors (Lipinski definition) is 4. The maximum atomic E-state index is 13.2. The lowest BCUT2D eigenvalue weighted by Gasteiger charge is -2.33. The Morgan fingerprint density at radius 2 is 1.82 bits per heavy atom. The van der Waals surface area contributed by atoms with E-state index in [2.05, 4.69) is 24.3 Å². The maximum absolute atomic E-state index is 13.2. The number of furan rings is 1. The summed E-state index contributed by atoms with van der Waals surface area (Å²) < 4.78 is 10.7.